The molecule has 1 saturated heterocycles. The molecule has 0 N–H and O–H groups in total. The van der Waals surface area contributed by atoms with Gasteiger partial charge in [-0.15, -0.1) is 0 Å². The van der Waals surface area contributed by atoms with E-state index < -0.39 is 0 Å². The molecule has 0 spiro atoms. The van der Waals surface area contributed by atoms with Crippen LogP contribution in [-0.2, 0) is 11.8 Å². The zero-order valence-corrected chi connectivity index (χ0v) is 9.28. The van der Waals surface area contributed by atoms with Gasteiger partial charge in [-0.1, -0.05) is 0 Å². The molecule has 2 fully saturated rings. The standard InChI is InChI=1S/C12H18N2O/c1-14-11(12-4-2-3-7-15-12)8-10(13-14)9-5-6-9/h8-9,12H,2-7H2,1H3. The second-order valence-electron chi connectivity index (χ2n) is 4.75. The van der Waals surface area contributed by atoms with Gasteiger partial charge in [0.15, 0.2) is 0 Å². The SMILES string of the molecule is Cn1nc(C2CC2)cc1C1CCCCO1. The lowest BCUT2D eigenvalue weighted by Gasteiger charge is -2.22. The number of nitrogens with zero attached hydrogens (tertiary/aromatic N) is 2. The summed E-state index contributed by atoms with van der Waals surface area (Å²) in [6.45, 7) is 0.911. The number of hydrogen-bond donors (Lipinski definition) is 0. The van der Waals surface area contributed by atoms with Crippen LogP contribution < -0.4 is 0 Å². The first-order valence-corrected chi connectivity index (χ1v) is 6.00. The second kappa shape index (κ2) is 3.63. The maximum atomic E-state index is 5.80. The van der Waals surface area contributed by atoms with E-state index in [1.807, 2.05) is 11.7 Å². The number of aromatic nitrogens is 2. The summed E-state index contributed by atoms with van der Waals surface area (Å²) in [6, 6.07) is 2.26. The summed E-state index contributed by atoms with van der Waals surface area (Å²) >= 11 is 0. The van der Waals surface area contributed by atoms with Crippen molar-refractivity contribution in [2.45, 2.75) is 44.1 Å². The Bertz CT molecular complexity index is 349. The zero-order valence-electron chi connectivity index (χ0n) is 9.28. The van der Waals surface area contributed by atoms with Crippen LogP contribution in [0.15, 0.2) is 6.07 Å². The quantitative estimate of drug-likeness (QED) is 0.743. The van der Waals surface area contributed by atoms with E-state index in [4.69, 9.17) is 4.74 Å². The van der Waals surface area contributed by atoms with Gasteiger partial charge in [-0.2, -0.15) is 5.10 Å². The molecule has 1 saturated carbocycles. The molecule has 0 radical (unpaired) electrons. The average Bonchev–Trinajstić information content (AvgIpc) is 3.04. The van der Waals surface area contributed by atoms with Crippen LogP contribution >= 0.6 is 0 Å². The van der Waals surface area contributed by atoms with Crippen molar-refractivity contribution in [3.63, 3.8) is 0 Å². The fraction of sp³-hybridized carbons (Fsp3) is 0.750. The molecular formula is C12H18N2O. The van der Waals surface area contributed by atoms with Gasteiger partial charge >= 0.3 is 0 Å². The highest BCUT2D eigenvalue weighted by molar-refractivity contribution is 5.20. The van der Waals surface area contributed by atoms with Gasteiger partial charge in [-0.05, 0) is 38.2 Å². The Balaban J connectivity index is 1.82. The summed E-state index contributed by atoms with van der Waals surface area (Å²) < 4.78 is 7.81. The fourth-order valence-corrected chi connectivity index (χ4v) is 2.36. The molecule has 2 heterocycles. The van der Waals surface area contributed by atoms with Gasteiger partial charge in [-0.25, -0.2) is 0 Å². The lowest BCUT2D eigenvalue weighted by molar-refractivity contribution is 0.0101. The second-order valence-corrected chi connectivity index (χ2v) is 4.75. The topological polar surface area (TPSA) is 27.1 Å². The first-order chi connectivity index (χ1) is 7.34. The predicted molar refractivity (Wildman–Crippen MR) is 57.7 cm³/mol. The highest BCUT2D eigenvalue weighted by atomic mass is 16.5. The van der Waals surface area contributed by atoms with E-state index in [2.05, 4.69) is 11.2 Å². The fourth-order valence-electron chi connectivity index (χ4n) is 2.36. The Kier molecular flexibility index (Phi) is 2.28. The molecule has 1 aliphatic carbocycles. The van der Waals surface area contributed by atoms with E-state index in [0.29, 0.717) is 6.10 Å². The van der Waals surface area contributed by atoms with E-state index in [9.17, 15) is 0 Å². The molecule has 1 unspecified atom stereocenters. The van der Waals surface area contributed by atoms with Gasteiger partial charge in [0.25, 0.3) is 0 Å². The summed E-state index contributed by atoms with van der Waals surface area (Å²) in [5, 5.41) is 4.58. The molecule has 0 bridgehead atoms. The van der Waals surface area contributed by atoms with Gasteiger partial charge in [0.1, 0.15) is 0 Å². The minimum atomic E-state index is 0.295. The lowest BCUT2D eigenvalue weighted by Crippen LogP contribution is -2.14. The molecular weight excluding hydrogens is 188 g/mol. The van der Waals surface area contributed by atoms with Crippen LogP contribution in [0.1, 0.15) is 55.5 Å². The number of ether oxygens (including phenoxy) is 1. The molecule has 2 aliphatic rings. The van der Waals surface area contributed by atoms with Crippen molar-refractivity contribution in [1.82, 2.24) is 9.78 Å². The summed E-state index contributed by atoms with van der Waals surface area (Å²) in [5.74, 6) is 0.744. The van der Waals surface area contributed by atoms with Crippen molar-refractivity contribution in [2.24, 2.45) is 7.05 Å². The van der Waals surface area contributed by atoms with Crippen LogP contribution in [0, 0.1) is 0 Å². The van der Waals surface area contributed by atoms with E-state index in [-0.39, 0.29) is 0 Å². The van der Waals surface area contributed by atoms with Gasteiger partial charge < -0.3 is 4.74 Å². The van der Waals surface area contributed by atoms with Crippen molar-refractivity contribution in [1.29, 1.82) is 0 Å². The molecule has 1 aromatic heterocycles. The van der Waals surface area contributed by atoms with Crippen LogP contribution in [-0.4, -0.2) is 16.4 Å². The Hall–Kier alpha value is -0.830. The van der Waals surface area contributed by atoms with Crippen molar-refractivity contribution >= 4 is 0 Å². The molecule has 82 valence electrons. The maximum Gasteiger partial charge on any atom is 0.0991 e. The Labute approximate surface area is 90.4 Å². The van der Waals surface area contributed by atoms with Crippen molar-refractivity contribution in [3.8, 4) is 0 Å². The monoisotopic (exact) mass is 206 g/mol. The normalized spacial score (nSPS) is 26.9. The van der Waals surface area contributed by atoms with Crippen molar-refractivity contribution in [3.05, 3.63) is 17.5 Å². The summed E-state index contributed by atoms with van der Waals surface area (Å²) in [7, 11) is 2.04. The maximum absolute atomic E-state index is 5.80. The number of rotatable bonds is 2. The molecule has 0 amide bonds. The summed E-state index contributed by atoms with van der Waals surface area (Å²) in [6.07, 6.45) is 6.59. The van der Waals surface area contributed by atoms with Crippen molar-refractivity contribution < 1.29 is 4.74 Å². The molecule has 0 aromatic carbocycles. The van der Waals surface area contributed by atoms with E-state index in [1.54, 1.807) is 0 Å². The molecule has 1 aromatic rings. The first-order valence-electron chi connectivity index (χ1n) is 6.00. The van der Waals surface area contributed by atoms with Gasteiger partial charge in [0.2, 0.25) is 0 Å². The predicted octanol–water partition coefficient (Wildman–Crippen LogP) is 2.54. The van der Waals surface area contributed by atoms with E-state index in [0.717, 1.165) is 18.9 Å². The van der Waals surface area contributed by atoms with Crippen LogP contribution in [0.2, 0.25) is 0 Å². The number of hydrogen-bond acceptors (Lipinski definition) is 2. The van der Waals surface area contributed by atoms with Crippen LogP contribution in [0.5, 0.6) is 0 Å². The zero-order chi connectivity index (χ0) is 10.3. The average molecular weight is 206 g/mol. The minimum absolute atomic E-state index is 0.295. The molecule has 3 nitrogen and oxygen atoms in total. The van der Waals surface area contributed by atoms with E-state index >= 15 is 0 Å². The smallest absolute Gasteiger partial charge is 0.0991 e. The molecule has 15 heavy (non-hydrogen) atoms. The number of aryl methyl sites for hydroxylation is 1. The highest BCUT2D eigenvalue weighted by Gasteiger charge is 2.28. The minimum Gasteiger partial charge on any atom is -0.372 e. The Morgan fingerprint density at radius 3 is 2.87 bits per heavy atom. The van der Waals surface area contributed by atoms with Gasteiger partial charge in [0.05, 0.1) is 17.5 Å². The van der Waals surface area contributed by atoms with Crippen LogP contribution in [0.4, 0.5) is 0 Å². The van der Waals surface area contributed by atoms with Gasteiger partial charge in [0, 0.05) is 19.6 Å². The summed E-state index contributed by atoms with van der Waals surface area (Å²) in [5.41, 5.74) is 2.55. The largest absolute Gasteiger partial charge is 0.372 e. The van der Waals surface area contributed by atoms with Crippen molar-refractivity contribution in [2.75, 3.05) is 6.61 Å². The molecule has 3 rings (SSSR count). The molecule has 3 heteroatoms. The highest BCUT2D eigenvalue weighted by Crippen LogP contribution is 2.40. The molecule has 1 aliphatic heterocycles. The first kappa shape index (κ1) is 9.40. The Morgan fingerprint density at radius 1 is 1.33 bits per heavy atom. The van der Waals surface area contributed by atoms with E-state index in [1.165, 1.54) is 37.1 Å². The van der Waals surface area contributed by atoms with Crippen LogP contribution in [0.3, 0.4) is 0 Å². The summed E-state index contributed by atoms with van der Waals surface area (Å²) in [4.78, 5) is 0. The molecule has 1 atom stereocenters. The third kappa shape index (κ3) is 1.81. The van der Waals surface area contributed by atoms with Crippen LogP contribution in [0.25, 0.3) is 0 Å². The Morgan fingerprint density at radius 2 is 2.20 bits per heavy atom. The third-order valence-electron chi connectivity index (χ3n) is 3.44. The third-order valence-corrected chi connectivity index (χ3v) is 3.44. The lowest BCUT2D eigenvalue weighted by atomic mass is 10.1. The van der Waals surface area contributed by atoms with Gasteiger partial charge in [-0.3, -0.25) is 4.68 Å².